The molecule has 1 N–H and O–H groups in total. The van der Waals surface area contributed by atoms with Crippen molar-refractivity contribution < 1.29 is 18.8 Å². The van der Waals surface area contributed by atoms with E-state index in [0.717, 1.165) is 15.9 Å². The van der Waals surface area contributed by atoms with Crippen LogP contribution >= 0.6 is 23.4 Å². The van der Waals surface area contributed by atoms with Gasteiger partial charge < -0.3 is 5.32 Å². The molecule has 0 bridgehead atoms. The largest absolute Gasteiger partial charge is 0.324 e. The second-order valence-corrected chi connectivity index (χ2v) is 7.87. The van der Waals surface area contributed by atoms with Crippen molar-refractivity contribution in [2.24, 2.45) is 10.3 Å². The summed E-state index contributed by atoms with van der Waals surface area (Å²) in [6.07, 6.45) is 1.93. The number of halogens is 2. The molecule has 8 nitrogen and oxygen atoms in total. The van der Waals surface area contributed by atoms with Crippen molar-refractivity contribution in [1.82, 2.24) is 5.01 Å². The fourth-order valence-electron chi connectivity index (χ4n) is 3.28. The van der Waals surface area contributed by atoms with Crippen LogP contribution in [0.5, 0.6) is 0 Å². The molecule has 3 amide bonds. The molecule has 0 spiro atoms. The molecule has 0 saturated carbocycles. The van der Waals surface area contributed by atoms with Crippen LogP contribution in [0.15, 0.2) is 57.7 Å². The van der Waals surface area contributed by atoms with E-state index in [4.69, 9.17) is 11.6 Å². The Morgan fingerprint density at radius 3 is 2.77 bits per heavy atom. The van der Waals surface area contributed by atoms with E-state index in [1.165, 1.54) is 17.1 Å². The Morgan fingerprint density at radius 2 is 2.03 bits per heavy atom. The van der Waals surface area contributed by atoms with Gasteiger partial charge in [-0.2, -0.15) is 5.11 Å². The fraction of sp³-hybridized carbons (Fsp3) is 0.211. The second kappa shape index (κ2) is 8.04. The summed E-state index contributed by atoms with van der Waals surface area (Å²) in [4.78, 5) is 39.9. The van der Waals surface area contributed by atoms with Crippen LogP contribution < -0.4 is 10.2 Å². The van der Waals surface area contributed by atoms with Crippen LogP contribution in [-0.4, -0.2) is 47.6 Å². The highest BCUT2D eigenvalue weighted by Crippen LogP contribution is 2.33. The van der Waals surface area contributed by atoms with Crippen molar-refractivity contribution in [1.29, 1.82) is 0 Å². The number of imide groups is 1. The first-order valence-electron chi connectivity index (χ1n) is 8.83. The van der Waals surface area contributed by atoms with E-state index in [0.29, 0.717) is 5.69 Å². The lowest BCUT2D eigenvalue weighted by molar-refractivity contribution is -0.123. The van der Waals surface area contributed by atoms with Gasteiger partial charge in [0.25, 0.3) is 11.8 Å². The monoisotopic (exact) mass is 447 g/mol. The number of carbonyl (C=O) groups excluding carboxylic acids is 3. The Hall–Kier alpha value is -2.98. The van der Waals surface area contributed by atoms with Gasteiger partial charge in [-0.15, -0.1) is 11.8 Å². The van der Waals surface area contributed by atoms with E-state index in [1.54, 1.807) is 17.8 Å². The van der Waals surface area contributed by atoms with Crippen LogP contribution in [0.1, 0.15) is 0 Å². The van der Waals surface area contributed by atoms with Crippen LogP contribution in [0.3, 0.4) is 0 Å². The molecular formula is C19H15ClFN5O3S. The molecule has 0 radical (unpaired) electrons. The van der Waals surface area contributed by atoms with Gasteiger partial charge in [0.1, 0.15) is 12.4 Å². The molecule has 1 saturated heterocycles. The van der Waals surface area contributed by atoms with Gasteiger partial charge in [0.05, 0.1) is 10.7 Å². The van der Waals surface area contributed by atoms with Gasteiger partial charge in [0, 0.05) is 10.6 Å². The number of amides is 3. The van der Waals surface area contributed by atoms with Crippen molar-refractivity contribution in [3.63, 3.8) is 0 Å². The molecule has 2 aliphatic heterocycles. The van der Waals surface area contributed by atoms with E-state index in [1.807, 2.05) is 24.5 Å². The maximum absolute atomic E-state index is 13.4. The quantitative estimate of drug-likeness (QED) is 0.561. The van der Waals surface area contributed by atoms with Gasteiger partial charge in [-0.05, 0) is 42.7 Å². The van der Waals surface area contributed by atoms with Gasteiger partial charge in [-0.1, -0.05) is 22.9 Å². The number of hydrogen-bond acceptors (Lipinski definition) is 7. The van der Waals surface area contributed by atoms with Gasteiger partial charge in [-0.3, -0.25) is 19.4 Å². The number of anilines is 2. The smallest absolute Gasteiger partial charge is 0.263 e. The maximum Gasteiger partial charge on any atom is 0.263 e. The third-order valence-electron chi connectivity index (χ3n) is 4.68. The molecule has 2 aromatic rings. The molecule has 4 rings (SSSR count). The Labute approximate surface area is 180 Å². The summed E-state index contributed by atoms with van der Waals surface area (Å²) in [6, 6.07) is 8.75. The first kappa shape index (κ1) is 20.3. The lowest BCUT2D eigenvalue weighted by Crippen LogP contribution is -2.43. The Kier molecular flexibility index (Phi) is 5.44. The molecule has 2 atom stereocenters. The summed E-state index contributed by atoms with van der Waals surface area (Å²) >= 11 is 7.31. The average Bonchev–Trinajstić information content (AvgIpc) is 3.24. The predicted molar refractivity (Wildman–Crippen MR) is 110 cm³/mol. The summed E-state index contributed by atoms with van der Waals surface area (Å²) < 4.78 is 13.4. The zero-order chi connectivity index (χ0) is 21.4. The molecular weight excluding hydrogens is 433 g/mol. The Bertz CT molecular complexity index is 1080. The molecule has 11 heteroatoms. The van der Waals surface area contributed by atoms with E-state index >= 15 is 0 Å². The van der Waals surface area contributed by atoms with Gasteiger partial charge in [-0.25, -0.2) is 9.29 Å². The standard InChI is InChI=1S/C19H15ClFN5O3S/c1-30-12-4-2-3-10(7-12)22-15(27)9-25-17-16(23-24-25)18(28)26(19(17)29)11-5-6-14(21)13(20)8-11/h2-8,16-17H,9H2,1H3,(H,22,27)/t16-,17-/m1/s1. The first-order chi connectivity index (χ1) is 14.4. The number of nitrogens with zero attached hydrogens (tertiary/aromatic N) is 4. The third kappa shape index (κ3) is 3.63. The zero-order valence-corrected chi connectivity index (χ0v) is 17.2. The first-order valence-corrected chi connectivity index (χ1v) is 10.4. The molecule has 2 aliphatic rings. The van der Waals surface area contributed by atoms with Crippen molar-refractivity contribution >= 4 is 52.5 Å². The number of thioether (sulfide) groups is 1. The summed E-state index contributed by atoms with van der Waals surface area (Å²) in [5.41, 5.74) is 0.746. The van der Waals surface area contributed by atoms with E-state index in [9.17, 15) is 18.8 Å². The summed E-state index contributed by atoms with van der Waals surface area (Å²) in [7, 11) is 0. The van der Waals surface area contributed by atoms with E-state index < -0.39 is 35.6 Å². The molecule has 30 heavy (non-hydrogen) atoms. The van der Waals surface area contributed by atoms with E-state index in [2.05, 4.69) is 15.7 Å². The lowest BCUT2D eigenvalue weighted by Gasteiger charge is -2.20. The topological polar surface area (TPSA) is 94.4 Å². The number of fused-ring (bicyclic) bond motifs is 1. The number of benzene rings is 2. The van der Waals surface area contributed by atoms with Crippen LogP contribution in [-0.2, 0) is 14.4 Å². The van der Waals surface area contributed by atoms with Crippen molar-refractivity contribution in [2.75, 3.05) is 23.0 Å². The molecule has 2 aromatic carbocycles. The third-order valence-corrected chi connectivity index (χ3v) is 5.69. The number of nitrogens with one attached hydrogen (secondary N) is 1. The zero-order valence-electron chi connectivity index (χ0n) is 15.6. The molecule has 2 heterocycles. The van der Waals surface area contributed by atoms with Crippen LogP contribution in [0.25, 0.3) is 0 Å². The van der Waals surface area contributed by atoms with Gasteiger partial charge >= 0.3 is 0 Å². The minimum atomic E-state index is -1.06. The lowest BCUT2D eigenvalue weighted by atomic mass is 10.1. The molecule has 154 valence electrons. The highest BCUT2D eigenvalue weighted by atomic mass is 35.5. The van der Waals surface area contributed by atoms with Gasteiger partial charge in [0.2, 0.25) is 5.91 Å². The summed E-state index contributed by atoms with van der Waals surface area (Å²) in [5, 5.41) is 11.4. The van der Waals surface area contributed by atoms with Gasteiger partial charge in [0.15, 0.2) is 12.1 Å². The number of rotatable bonds is 5. The minimum Gasteiger partial charge on any atom is -0.324 e. The number of carbonyl (C=O) groups is 3. The fourth-order valence-corrected chi connectivity index (χ4v) is 3.92. The molecule has 0 aliphatic carbocycles. The summed E-state index contributed by atoms with van der Waals surface area (Å²) in [5.74, 6) is -2.28. The van der Waals surface area contributed by atoms with Crippen molar-refractivity contribution in [2.45, 2.75) is 17.0 Å². The normalized spacial score (nSPS) is 20.1. The highest BCUT2D eigenvalue weighted by molar-refractivity contribution is 7.98. The van der Waals surface area contributed by atoms with Crippen LogP contribution in [0.2, 0.25) is 5.02 Å². The van der Waals surface area contributed by atoms with Crippen molar-refractivity contribution in [3.8, 4) is 0 Å². The molecule has 0 aromatic heterocycles. The number of hydrogen-bond donors (Lipinski definition) is 1. The van der Waals surface area contributed by atoms with E-state index in [-0.39, 0.29) is 17.3 Å². The van der Waals surface area contributed by atoms with Crippen molar-refractivity contribution in [3.05, 3.63) is 53.3 Å². The van der Waals surface area contributed by atoms with Crippen LogP contribution in [0.4, 0.5) is 15.8 Å². The average molecular weight is 448 g/mol. The SMILES string of the molecule is CSc1cccc(NC(=O)CN2N=N[C@H]3C(=O)N(c4ccc(F)c(Cl)c4)C(=O)[C@@H]32)c1. The summed E-state index contributed by atoms with van der Waals surface area (Å²) in [6.45, 7) is -0.259. The Morgan fingerprint density at radius 1 is 1.23 bits per heavy atom. The predicted octanol–water partition coefficient (Wildman–Crippen LogP) is 3.13. The minimum absolute atomic E-state index is 0.138. The second-order valence-electron chi connectivity index (χ2n) is 6.58. The van der Waals surface area contributed by atoms with Crippen LogP contribution in [0, 0.1) is 5.82 Å². The molecule has 0 unspecified atom stereocenters. The highest BCUT2D eigenvalue weighted by Gasteiger charge is 2.55. The molecule has 1 fully saturated rings. The maximum atomic E-state index is 13.4. The Balaban J connectivity index is 1.49.